The summed E-state index contributed by atoms with van der Waals surface area (Å²) in [6.45, 7) is 5.69. The van der Waals surface area contributed by atoms with Crippen LogP contribution in [0.2, 0.25) is 0 Å². The monoisotopic (exact) mass is 532 g/mol. The molecule has 0 spiro atoms. The maximum Gasteiger partial charge on any atom is 0.410 e. The van der Waals surface area contributed by atoms with Crippen molar-refractivity contribution in [2.75, 3.05) is 26.4 Å². The third-order valence-corrected chi connectivity index (χ3v) is 6.59. The second kappa shape index (κ2) is 8.90. The minimum Gasteiger partial charge on any atom is -0.444 e. The predicted molar refractivity (Wildman–Crippen MR) is 130 cm³/mol. The molecule has 3 N–H and O–H groups in total. The smallest absolute Gasteiger partial charge is 0.410 e. The van der Waals surface area contributed by atoms with E-state index in [2.05, 4.69) is 31.2 Å². The van der Waals surface area contributed by atoms with Crippen LogP contribution in [0.3, 0.4) is 0 Å². The second-order valence-corrected chi connectivity index (χ2v) is 10.4. The number of amides is 2. The molecule has 34 heavy (non-hydrogen) atoms. The van der Waals surface area contributed by atoms with Crippen LogP contribution in [0, 0.1) is 0 Å². The third kappa shape index (κ3) is 4.46. The number of H-pyrrole nitrogens is 1. The first kappa shape index (κ1) is 24.0. The summed E-state index contributed by atoms with van der Waals surface area (Å²) in [6.07, 6.45) is 5.76. The first-order chi connectivity index (χ1) is 16.0. The molecule has 4 rings (SSSR count). The Morgan fingerprint density at radius 1 is 1.26 bits per heavy atom. The van der Waals surface area contributed by atoms with Gasteiger partial charge in [0, 0.05) is 43.9 Å². The minimum atomic E-state index is -0.686. The van der Waals surface area contributed by atoms with E-state index in [4.69, 9.17) is 15.5 Å². The second-order valence-electron chi connectivity index (χ2n) is 9.63. The van der Waals surface area contributed by atoms with Crippen molar-refractivity contribution in [2.24, 2.45) is 0 Å². The molecular weight excluding hydrogens is 504 g/mol. The van der Waals surface area contributed by atoms with Gasteiger partial charge in [-0.1, -0.05) is 0 Å². The number of rotatable bonds is 3. The molecule has 1 aliphatic heterocycles. The Morgan fingerprint density at radius 3 is 2.62 bits per heavy atom. The average molecular weight is 533 g/mol. The SMILES string of the molecule is CN(C)C(=O)C1CC[C@H](c2nc3c(-c4cn[nH]c4)cnn3c(N)c2Br)CN1C(=O)OC(C)(C)C. The Kier molecular flexibility index (Phi) is 6.28. The Hall–Kier alpha value is -3.15. The number of carbonyl (C=O) groups excluding carboxylic acids is 2. The van der Waals surface area contributed by atoms with Gasteiger partial charge in [-0.3, -0.25) is 14.8 Å². The van der Waals surface area contributed by atoms with E-state index in [9.17, 15) is 9.59 Å². The minimum absolute atomic E-state index is 0.135. The Morgan fingerprint density at radius 2 is 2.00 bits per heavy atom. The van der Waals surface area contributed by atoms with Crippen molar-refractivity contribution in [3.63, 3.8) is 0 Å². The number of halogens is 1. The molecule has 12 heteroatoms. The van der Waals surface area contributed by atoms with Crippen molar-refractivity contribution < 1.29 is 14.3 Å². The van der Waals surface area contributed by atoms with E-state index < -0.39 is 17.7 Å². The summed E-state index contributed by atoms with van der Waals surface area (Å²) in [5.41, 5.74) is 8.65. The number of likely N-dealkylation sites (N-methyl/N-ethyl adjacent to an activating group) is 1. The van der Waals surface area contributed by atoms with Gasteiger partial charge in [-0.2, -0.15) is 14.7 Å². The van der Waals surface area contributed by atoms with Gasteiger partial charge in [0.2, 0.25) is 5.91 Å². The van der Waals surface area contributed by atoms with E-state index in [0.717, 1.165) is 11.1 Å². The molecule has 0 aromatic carbocycles. The fraction of sp³-hybridized carbons (Fsp3) is 0.500. The van der Waals surface area contributed by atoms with E-state index in [1.807, 2.05) is 0 Å². The van der Waals surface area contributed by atoms with E-state index in [1.54, 1.807) is 58.0 Å². The number of likely N-dealkylation sites (tertiary alicyclic amines) is 1. The molecule has 3 aromatic heterocycles. The number of nitrogens with one attached hydrogen (secondary N) is 1. The average Bonchev–Trinajstić information content (AvgIpc) is 3.43. The molecule has 11 nitrogen and oxygen atoms in total. The fourth-order valence-corrected chi connectivity index (χ4v) is 4.74. The van der Waals surface area contributed by atoms with Gasteiger partial charge < -0.3 is 15.4 Å². The van der Waals surface area contributed by atoms with Gasteiger partial charge in [-0.05, 0) is 49.5 Å². The summed E-state index contributed by atoms with van der Waals surface area (Å²) in [7, 11) is 3.37. The number of hydrogen-bond acceptors (Lipinski definition) is 7. The summed E-state index contributed by atoms with van der Waals surface area (Å²) in [4.78, 5) is 33.9. The molecule has 0 aliphatic carbocycles. The molecule has 2 atom stereocenters. The van der Waals surface area contributed by atoms with Gasteiger partial charge in [-0.25, -0.2) is 9.78 Å². The highest BCUT2D eigenvalue weighted by Crippen LogP contribution is 2.38. The molecule has 1 saturated heterocycles. The van der Waals surface area contributed by atoms with Crippen LogP contribution >= 0.6 is 15.9 Å². The first-order valence-electron chi connectivity index (χ1n) is 11.0. The van der Waals surface area contributed by atoms with Crippen LogP contribution in [-0.4, -0.2) is 78.9 Å². The van der Waals surface area contributed by atoms with Crippen LogP contribution in [0.15, 0.2) is 23.1 Å². The molecule has 4 heterocycles. The van der Waals surface area contributed by atoms with E-state index in [0.29, 0.717) is 34.5 Å². The molecular formula is C22H29BrN8O3. The first-order valence-corrected chi connectivity index (χ1v) is 11.8. The maximum absolute atomic E-state index is 13.1. The zero-order valence-electron chi connectivity index (χ0n) is 19.9. The molecule has 0 saturated carbocycles. The van der Waals surface area contributed by atoms with Crippen molar-refractivity contribution in [3.05, 3.63) is 28.8 Å². The van der Waals surface area contributed by atoms with E-state index in [1.165, 1.54) is 9.80 Å². The number of fused-ring (bicyclic) bond motifs is 1. The summed E-state index contributed by atoms with van der Waals surface area (Å²) in [5, 5.41) is 11.2. The zero-order valence-corrected chi connectivity index (χ0v) is 21.5. The normalized spacial score (nSPS) is 18.8. The zero-order chi connectivity index (χ0) is 24.8. The van der Waals surface area contributed by atoms with Gasteiger partial charge >= 0.3 is 6.09 Å². The van der Waals surface area contributed by atoms with Crippen molar-refractivity contribution in [3.8, 4) is 11.1 Å². The number of hydrogen-bond donors (Lipinski definition) is 2. The number of anilines is 1. The highest BCUT2D eigenvalue weighted by atomic mass is 79.9. The van der Waals surface area contributed by atoms with Gasteiger partial charge in [0.15, 0.2) is 5.65 Å². The predicted octanol–water partition coefficient (Wildman–Crippen LogP) is 3.04. The summed E-state index contributed by atoms with van der Waals surface area (Å²) >= 11 is 3.59. The van der Waals surface area contributed by atoms with Crippen LogP contribution < -0.4 is 5.73 Å². The summed E-state index contributed by atoms with van der Waals surface area (Å²) in [5.74, 6) is 0.113. The van der Waals surface area contributed by atoms with E-state index >= 15 is 0 Å². The lowest BCUT2D eigenvalue weighted by atomic mass is 9.89. The number of nitrogens with two attached hydrogens (primary N) is 1. The molecule has 0 bridgehead atoms. The van der Waals surface area contributed by atoms with Crippen LogP contribution in [0.5, 0.6) is 0 Å². The molecule has 1 fully saturated rings. The Labute approximate surface area is 205 Å². The number of carbonyl (C=O) groups is 2. The van der Waals surface area contributed by atoms with Crippen LogP contribution in [0.1, 0.15) is 45.2 Å². The number of nitrogen functional groups attached to an aromatic ring is 1. The molecule has 0 radical (unpaired) electrons. The Balaban J connectivity index is 1.73. The van der Waals surface area contributed by atoms with Crippen molar-refractivity contribution >= 4 is 39.4 Å². The summed E-state index contributed by atoms with van der Waals surface area (Å²) < 4.78 is 7.83. The standard InChI is InChI=1S/C22H29BrN8O3/c1-22(2,3)34-21(33)30-11-12(6-7-15(30)20(32)29(4)5)17-16(23)18(24)31-19(28-17)14(10-27-31)13-8-25-26-9-13/h8-10,12,15H,6-7,11,24H2,1-5H3,(H,25,26)/t12-,15?/m0/s1. The third-order valence-electron chi connectivity index (χ3n) is 5.78. The molecule has 1 aliphatic rings. The number of aromatic nitrogens is 5. The fourth-order valence-electron chi connectivity index (χ4n) is 4.16. The van der Waals surface area contributed by atoms with Crippen molar-refractivity contribution in [2.45, 2.75) is 51.2 Å². The summed E-state index contributed by atoms with van der Waals surface area (Å²) in [6, 6.07) is -0.600. The molecule has 1 unspecified atom stereocenters. The molecule has 3 aromatic rings. The highest BCUT2D eigenvalue weighted by molar-refractivity contribution is 9.10. The largest absolute Gasteiger partial charge is 0.444 e. The van der Waals surface area contributed by atoms with Crippen LogP contribution in [0.25, 0.3) is 16.8 Å². The lowest BCUT2D eigenvalue weighted by Gasteiger charge is -2.40. The van der Waals surface area contributed by atoms with Gasteiger partial charge in [0.25, 0.3) is 0 Å². The van der Waals surface area contributed by atoms with Gasteiger partial charge in [-0.15, -0.1) is 0 Å². The topological polar surface area (TPSA) is 135 Å². The number of nitrogens with zero attached hydrogens (tertiary/aromatic N) is 6. The molecule has 182 valence electrons. The Bertz CT molecular complexity index is 1220. The number of piperidine rings is 1. The maximum atomic E-state index is 13.1. The van der Waals surface area contributed by atoms with Crippen molar-refractivity contribution in [1.29, 1.82) is 0 Å². The number of ether oxygens (including phenoxy) is 1. The quantitative estimate of drug-likeness (QED) is 0.529. The highest BCUT2D eigenvalue weighted by Gasteiger charge is 2.40. The number of aromatic amines is 1. The molecule has 2 amide bonds. The van der Waals surface area contributed by atoms with Crippen LogP contribution in [-0.2, 0) is 9.53 Å². The van der Waals surface area contributed by atoms with Crippen molar-refractivity contribution in [1.82, 2.24) is 34.6 Å². The van der Waals surface area contributed by atoms with E-state index in [-0.39, 0.29) is 18.4 Å². The van der Waals surface area contributed by atoms with Gasteiger partial charge in [0.1, 0.15) is 17.5 Å². The lowest BCUT2D eigenvalue weighted by molar-refractivity contribution is -0.135. The van der Waals surface area contributed by atoms with Crippen LogP contribution in [0.4, 0.5) is 10.6 Å². The lowest BCUT2D eigenvalue weighted by Crippen LogP contribution is -2.54. The van der Waals surface area contributed by atoms with Gasteiger partial charge in [0.05, 0.1) is 22.6 Å².